The second-order valence-electron chi connectivity index (χ2n) is 8.19. The van der Waals surface area contributed by atoms with E-state index in [0.717, 1.165) is 0 Å². The van der Waals surface area contributed by atoms with Gasteiger partial charge in [0.15, 0.2) is 5.69 Å². The van der Waals surface area contributed by atoms with Crippen LogP contribution in [0.5, 0.6) is 0 Å². The Morgan fingerprint density at radius 2 is 1.93 bits per heavy atom. The quantitative estimate of drug-likeness (QED) is 0.851. The maximum Gasteiger partial charge on any atom is 0.407 e. The summed E-state index contributed by atoms with van der Waals surface area (Å²) in [7, 11) is 0. The van der Waals surface area contributed by atoms with Gasteiger partial charge in [0.1, 0.15) is 11.4 Å². The molecule has 3 rings (SSSR count). The number of piperidine rings is 1. The average molecular weight is 403 g/mol. The normalized spacial score (nSPS) is 15.3. The summed E-state index contributed by atoms with van der Waals surface area (Å²) in [5.74, 6) is -0.515. The van der Waals surface area contributed by atoms with Crippen LogP contribution in [0, 0.1) is 12.7 Å². The maximum atomic E-state index is 13.4. The lowest BCUT2D eigenvalue weighted by Gasteiger charge is -2.32. The summed E-state index contributed by atoms with van der Waals surface area (Å²) in [6.07, 6.45) is 2.37. The molecule has 2 amide bonds. The molecule has 1 aliphatic heterocycles. The summed E-state index contributed by atoms with van der Waals surface area (Å²) >= 11 is 0. The molecule has 8 nitrogen and oxygen atoms in total. The average Bonchev–Trinajstić information content (AvgIpc) is 3.12. The van der Waals surface area contributed by atoms with E-state index >= 15 is 0 Å². The van der Waals surface area contributed by atoms with Crippen molar-refractivity contribution in [2.75, 3.05) is 13.1 Å². The fraction of sp³-hybridized carbons (Fsp3) is 0.500. The Morgan fingerprint density at radius 1 is 1.24 bits per heavy atom. The first kappa shape index (κ1) is 20.8. The Kier molecular flexibility index (Phi) is 5.86. The zero-order chi connectivity index (χ0) is 21.2. The summed E-state index contributed by atoms with van der Waals surface area (Å²) in [4.78, 5) is 26.3. The van der Waals surface area contributed by atoms with Gasteiger partial charge >= 0.3 is 6.09 Å². The van der Waals surface area contributed by atoms with Crippen molar-refractivity contribution in [1.82, 2.24) is 25.2 Å². The molecule has 1 saturated heterocycles. The van der Waals surface area contributed by atoms with Crippen LogP contribution in [0.1, 0.15) is 49.7 Å². The lowest BCUT2D eigenvalue weighted by atomic mass is 10.0. The van der Waals surface area contributed by atoms with Gasteiger partial charge in [0.2, 0.25) is 0 Å². The van der Waals surface area contributed by atoms with Crippen LogP contribution in [0.25, 0.3) is 5.69 Å². The number of aryl methyl sites for hydroxylation is 1. The molecule has 0 spiro atoms. The molecule has 0 saturated carbocycles. The Balaban J connectivity index is 1.56. The third kappa shape index (κ3) is 5.30. The predicted octanol–water partition coefficient (Wildman–Crippen LogP) is 2.84. The van der Waals surface area contributed by atoms with Crippen molar-refractivity contribution in [1.29, 1.82) is 0 Å². The number of carbonyl (C=O) groups excluding carboxylic acids is 2. The largest absolute Gasteiger partial charge is 0.444 e. The van der Waals surface area contributed by atoms with Gasteiger partial charge in [0.25, 0.3) is 5.91 Å². The van der Waals surface area contributed by atoms with Crippen molar-refractivity contribution in [3.05, 3.63) is 41.5 Å². The molecule has 0 bridgehead atoms. The van der Waals surface area contributed by atoms with Crippen LogP contribution in [0.15, 0.2) is 24.4 Å². The third-order valence-electron chi connectivity index (χ3n) is 4.62. The molecule has 1 aromatic heterocycles. The van der Waals surface area contributed by atoms with E-state index in [4.69, 9.17) is 4.74 Å². The molecule has 29 heavy (non-hydrogen) atoms. The van der Waals surface area contributed by atoms with Gasteiger partial charge in [-0.25, -0.2) is 13.9 Å². The van der Waals surface area contributed by atoms with Gasteiger partial charge in [-0.3, -0.25) is 4.79 Å². The molecule has 1 aromatic carbocycles. The highest BCUT2D eigenvalue weighted by Gasteiger charge is 2.27. The Hall–Kier alpha value is -2.97. The summed E-state index contributed by atoms with van der Waals surface area (Å²) in [5, 5.41) is 10.8. The Labute approximate surface area is 169 Å². The Morgan fingerprint density at radius 3 is 2.55 bits per heavy atom. The van der Waals surface area contributed by atoms with Crippen LogP contribution in [-0.2, 0) is 4.74 Å². The van der Waals surface area contributed by atoms with Crippen molar-refractivity contribution in [2.24, 2.45) is 0 Å². The molecule has 0 radical (unpaired) electrons. The van der Waals surface area contributed by atoms with Gasteiger partial charge in [0, 0.05) is 19.1 Å². The van der Waals surface area contributed by atoms with Gasteiger partial charge < -0.3 is 15.0 Å². The monoisotopic (exact) mass is 403 g/mol. The highest BCUT2D eigenvalue weighted by Crippen LogP contribution is 2.16. The van der Waals surface area contributed by atoms with E-state index in [0.29, 0.717) is 37.2 Å². The standard InChI is InChI=1S/C20H26FN5O3/c1-13-11-15(5-6-16(13)21)26-12-17(23-24-26)18(27)25-9-7-14(8-10-25)22-19(28)29-20(2,3)4/h5-6,11-12,14H,7-10H2,1-4H3,(H,22,28). The first-order valence-electron chi connectivity index (χ1n) is 9.60. The van der Waals surface area contributed by atoms with E-state index < -0.39 is 11.7 Å². The van der Waals surface area contributed by atoms with Crippen molar-refractivity contribution < 1.29 is 18.7 Å². The molecule has 0 atom stereocenters. The SMILES string of the molecule is Cc1cc(-n2cc(C(=O)N3CCC(NC(=O)OC(C)(C)C)CC3)nn2)ccc1F. The van der Waals surface area contributed by atoms with E-state index in [-0.39, 0.29) is 23.5 Å². The van der Waals surface area contributed by atoms with Crippen LogP contribution < -0.4 is 5.32 Å². The van der Waals surface area contributed by atoms with Gasteiger partial charge in [-0.05, 0) is 64.3 Å². The molecular formula is C20H26FN5O3. The molecule has 1 N–H and O–H groups in total. The van der Waals surface area contributed by atoms with Crippen molar-refractivity contribution in [3.8, 4) is 5.69 Å². The van der Waals surface area contributed by atoms with Crippen LogP contribution in [-0.4, -0.2) is 56.6 Å². The number of benzene rings is 1. The second kappa shape index (κ2) is 8.18. The van der Waals surface area contributed by atoms with Crippen molar-refractivity contribution in [2.45, 2.75) is 52.2 Å². The second-order valence-corrected chi connectivity index (χ2v) is 8.19. The maximum absolute atomic E-state index is 13.4. The number of ether oxygens (including phenoxy) is 1. The lowest BCUT2D eigenvalue weighted by Crippen LogP contribution is -2.47. The fourth-order valence-electron chi connectivity index (χ4n) is 3.12. The smallest absolute Gasteiger partial charge is 0.407 e. The molecule has 2 heterocycles. The first-order chi connectivity index (χ1) is 13.6. The van der Waals surface area contributed by atoms with Crippen LogP contribution >= 0.6 is 0 Å². The summed E-state index contributed by atoms with van der Waals surface area (Å²) in [6, 6.07) is 4.55. The zero-order valence-corrected chi connectivity index (χ0v) is 17.1. The molecule has 2 aromatic rings. The van der Waals surface area contributed by atoms with Gasteiger partial charge in [-0.15, -0.1) is 5.10 Å². The topological polar surface area (TPSA) is 89.4 Å². The summed E-state index contributed by atoms with van der Waals surface area (Å²) in [6.45, 7) is 8.11. The van der Waals surface area contributed by atoms with Crippen molar-refractivity contribution >= 4 is 12.0 Å². The van der Waals surface area contributed by atoms with Crippen LogP contribution in [0.2, 0.25) is 0 Å². The number of nitrogens with zero attached hydrogens (tertiary/aromatic N) is 4. The van der Waals surface area contributed by atoms with E-state index in [1.54, 1.807) is 30.2 Å². The summed E-state index contributed by atoms with van der Waals surface area (Å²) in [5.41, 5.74) is 0.807. The molecule has 9 heteroatoms. The number of alkyl carbamates (subject to hydrolysis) is 1. The minimum Gasteiger partial charge on any atom is -0.444 e. The van der Waals surface area contributed by atoms with E-state index in [9.17, 15) is 14.0 Å². The fourth-order valence-corrected chi connectivity index (χ4v) is 3.12. The number of amides is 2. The van der Waals surface area contributed by atoms with Gasteiger partial charge in [0.05, 0.1) is 11.9 Å². The third-order valence-corrected chi connectivity index (χ3v) is 4.62. The highest BCUT2D eigenvalue weighted by molar-refractivity contribution is 5.92. The van der Waals surface area contributed by atoms with Gasteiger partial charge in [-0.2, -0.15) is 0 Å². The number of halogens is 1. The number of aromatic nitrogens is 3. The highest BCUT2D eigenvalue weighted by atomic mass is 19.1. The number of hydrogen-bond donors (Lipinski definition) is 1. The molecule has 0 aliphatic carbocycles. The lowest BCUT2D eigenvalue weighted by molar-refractivity contribution is 0.0473. The Bertz CT molecular complexity index is 898. The number of rotatable bonds is 3. The van der Waals surface area contributed by atoms with E-state index in [1.807, 2.05) is 20.8 Å². The molecule has 0 unspecified atom stereocenters. The number of likely N-dealkylation sites (tertiary alicyclic amines) is 1. The molecule has 156 valence electrons. The number of hydrogen-bond acceptors (Lipinski definition) is 5. The van der Waals surface area contributed by atoms with E-state index in [1.165, 1.54) is 10.7 Å². The summed E-state index contributed by atoms with van der Waals surface area (Å²) < 4.78 is 20.2. The first-order valence-corrected chi connectivity index (χ1v) is 9.60. The molecular weight excluding hydrogens is 377 g/mol. The number of carbonyl (C=O) groups is 2. The minimum atomic E-state index is -0.546. The number of nitrogens with one attached hydrogen (secondary N) is 1. The predicted molar refractivity (Wildman–Crippen MR) is 104 cm³/mol. The van der Waals surface area contributed by atoms with Crippen LogP contribution in [0.3, 0.4) is 0 Å². The molecule has 1 aliphatic rings. The zero-order valence-electron chi connectivity index (χ0n) is 17.1. The minimum absolute atomic E-state index is 0.0354. The van der Waals surface area contributed by atoms with Crippen LogP contribution in [0.4, 0.5) is 9.18 Å². The molecule has 1 fully saturated rings. The van der Waals surface area contributed by atoms with Gasteiger partial charge in [-0.1, -0.05) is 5.21 Å². The van der Waals surface area contributed by atoms with Crippen molar-refractivity contribution in [3.63, 3.8) is 0 Å². The van der Waals surface area contributed by atoms with E-state index in [2.05, 4.69) is 15.6 Å².